The van der Waals surface area contributed by atoms with Crippen LogP contribution in [-0.2, 0) is 6.61 Å². The molecule has 0 radical (unpaired) electrons. The molecule has 0 aliphatic rings. The maximum Gasteiger partial charge on any atom is 0.175 e. The minimum absolute atomic E-state index is 0.00451. The summed E-state index contributed by atoms with van der Waals surface area (Å²) in [6.07, 6.45) is 4.70. The topological polar surface area (TPSA) is 38.7 Å². The molecule has 0 fully saturated rings. The molecule has 0 unspecified atom stereocenters. The standard InChI is InChI=1S/C15H23BrO3/c1-3-5-6-7-8-19-15-13(16)9-12(11-17)10-14(15)18-4-2/h9-10,17H,3-8,11H2,1-2H3. The van der Waals surface area contributed by atoms with Crippen molar-refractivity contribution >= 4 is 15.9 Å². The molecule has 19 heavy (non-hydrogen) atoms. The highest BCUT2D eigenvalue weighted by molar-refractivity contribution is 9.10. The lowest BCUT2D eigenvalue weighted by atomic mass is 10.2. The predicted molar refractivity (Wildman–Crippen MR) is 80.9 cm³/mol. The van der Waals surface area contributed by atoms with Gasteiger partial charge in [0.05, 0.1) is 24.3 Å². The monoisotopic (exact) mass is 330 g/mol. The maximum atomic E-state index is 9.20. The lowest BCUT2D eigenvalue weighted by Gasteiger charge is -2.15. The zero-order valence-corrected chi connectivity index (χ0v) is 13.3. The Kier molecular flexibility index (Phi) is 7.91. The Morgan fingerprint density at radius 1 is 1.11 bits per heavy atom. The van der Waals surface area contributed by atoms with E-state index >= 15 is 0 Å². The van der Waals surface area contributed by atoms with E-state index in [2.05, 4.69) is 22.9 Å². The summed E-state index contributed by atoms with van der Waals surface area (Å²) >= 11 is 3.48. The van der Waals surface area contributed by atoms with Crippen molar-refractivity contribution in [2.45, 2.75) is 46.1 Å². The Labute approximate surface area is 124 Å². The first-order chi connectivity index (χ1) is 9.22. The molecule has 1 aromatic rings. The zero-order chi connectivity index (χ0) is 14.1. The molecule has 0 saturated heterocycles. The Bertz CT molecular complexity index is 380. The van der Waals surface area contributed by atoms with E-state index in [4.69, 9.17) is 9.47 Å². The molecule has 0 heterocycles. The zero-order valence-electron chi connectivity index (χ0n) is 11.7. The number of benzene rings is 1. The van der Waals surface area contributed by atoms with Gasteiger partial charge < -0.3 is 14.6 Å². The van der Waals surface area contributed by atoms with Crippen molar-refractivity contribution in [1.82, 2.24) is 0 Å². The van der Waals surface area contributed by atoms with E-state index in [-0.39, 0.29) is 6.61 Å². The summed E-state index contributed by atoms with van der Waals surface area (Å²) < 4.78 is 12.2. The third-order valence-electron chi connectivity index (χ3n) is 2.80. The highest BCUT2D eigenvalue weighted by Gasteiger charge is 2.11. The van der Waals surface area contributed by atoms with Crippen LogP contribution in [0.4, 0.5) is 0 Å². The smallest absolute Gasteiger partial charge is 0.175 e. The van der Waals surface area contributed by atoms with Crippen molar-refractivity contribution in [3.63, 3.8) is 0 Å². The number of aliphatic hydroxyl groups is 1. The molecule has 3 nitrogen and oxygen atoms in total. The number of unbranched alkanes of at least 4 members (excludes halogenated alkanes) is 3. The van der Waals surface area contributed by atoms with Gasteiger partial charge in [-0.2, -0.15) is 0 Å². The molecule has 0 spiro atoms. The van der Waals surface area contributed by atoms with E-state index in [1.165, 1.54) is 19.3 Å². The summed E-state index contributed by atoms with van der Waals surface area (Å²) in [5.74, 6) is 1.42. The first-order valence-electron chi connectivity index (χ1n) is 6.91. The first kappa shape index (κ1) is 16.3. The van der Waals surface area contributed by atoms with Gasteiger partial charge in [0.1, 0.15) is 0 Å². The van der Waals surface area contributed by atoms with Crippen molar-refractivity contribution in [2.24, 2.45) is 0 Å². The van der Waals surface area contributed by atoms with E-state index in [1.807, 2.05) is 19.1 Å². The van der Waals surface area contributed by atoms with Crippen molar-refractivity contribution in [2.75, 3.05) is 13.2 Å². The summed E-state index contributed by atoms with van der Waals surface area (Å²) in [5, 5.41) is 9.20. The van der Waals surface area contributed by atoms with Crippen molar-refractivity contribution in [1.29, 1.82) is 0 Å². The molecule has 0 bridgehead atoms. The van der Waals surface area contributed by atoms with Crippen LogP contribution in [0, 0.1) is 0 Å². The minimum atomic E-state index is -0.00451. The molecule has 0 atom stereocenters. The lowest BCUT2D eigenvalue weighted by molar-refractivity contribution is 0.263. The Morgan fingerprint density at radius 3 is 2.53 bits per heavy atom. The minimum Gasteiger partial charge on any atom is -0.490 e. The van der Waals surface area contributed by atoms with E-state index in [1.54, 1.807) is 0 Å². The van der Waals surface area contributed by atoms with Gasteiger partial charge in [-0.1, -0.05) is 26.2 Å². The van der Waals surface area contributed by atoms with Gasteiger partial charge in [0.2, 0.25) is 0 Å². The van der Waals surface area contributed by atoms with Crippen molar-refractivity contribution < 1.29 is 14.6 Å². The highest BCUT2D eigenvalue weighted by atomic mass is 79.9. The Hall–Kier alpha value is -0.740. The number of rotatable bonds is 9. The van der Waals surface area contributed by atoms with Gasteiger partial charge in [0.25, 0.3) is 0 Å². The van der Waals surface area contributed by atoms with Crippen LogP contribution >= 0.6 is 15.9 Å². The third-order valence-corrected chi connectivity index (χ3v) is 3.39. The van der Waals surface area contributed by atoms with Gasteiger partial charge in [-0.25, -0.2) is 0 Å². The van der Waals surface area contributed by atoms with E-state index in [0.29, 0.717) is 19.0 Å². The van der Waals surface area contributed by atoms with E-state index in [0.717, 1.165) is 22.2 Å². The van der Waals surface area contributed by atoms with Crippen LogP contribution in [0.15, 0.2) is 16.6 Å². The summed E-state index contributed by atoms with van der Waals surface area (Å²) in [6.45, 7) is 5.39. The fourth-order valence-electron chi connectivity index (χ4n) is 1.82. The summed E-state index contributed by atoms with van der Waals surface area (Å²) in [4.78, 5) is 0. The largest absolute Gasteiger partial charge is 0.490 e. The molecule has 0 aliphatic carbocycles. The Balaban J connectivity index is 2.68. The van der Waals surface area contributed by atoms with Gasteiger partial charge in [0.15, 0.2) is 11.5 Å². The molecule has 0 aromatic heterocycles. The second-order valence-corrected chi connectivity index (χ2v) is 5.26. The molecular weight excluding hydrogens is 308 g/mol. The fraction of sp³-hybridized carbons (Fsp3) is 0.600. The summed E-state index contributed by atoms with van der Waals surface area (Å²) in [6, 6.07) is 3.69. The highest BCUT2D eigenvalue weighted by Crippen LogP contribution is 2.37. The van der Waals surface area contributed by atoms with Gasteiger partial charge >= 0.3 is 0 Å². The predicted octanol–water partition coefficient (Wildman–Crippen LogP) is 4.30. The van der Waals surface area contributed by atoms with Gasteiger partial charge in [0, 0.05) is 0 Å². The van der Waals surface area contributed by atoms with Crippen LogP contribution in [0.2, 0.25) is 0 Å². The molecule has 1 rings (SSSR count). The van der Waals surface area contributed by atoms with Crippen LogP contribution in [0.1, 0.15) is 45.1 Å². The Morgan fingerprint density at radius 2 is 1.89 bits per heavy atom. The van der Waals surface area contributed by atoms with Crippen LogP contribution in [0.3, 0.4) is 0 Å². The van der Waals surface area contributed by atoms with Crippen molar-refractivity contribution in [3.8, 4) is 11.5 Å². The third kappa shape index (κ3) is 5.41. The molecule has 1 aromatic carbocycles. The van der Waals surface area contributed by atoms with Gasteiger partial charge in [-0.05, 0) is 47.0 Å². The lowest BCUT2D eigenvalue weighted by Crippen LogP contribution is -2.02. The fourth-order valence-corrected chi connectivity index (χ4v) is 2.42. The second-order valence-electron chi connectivity index (χ2n) is 4.41. The SMILES string of the molecule is CCCCCCOc1c(Br)cc(CO)cc1OCC. The molecule has 0 amide bonds. The van der Waals surface area contributed by atoms with E-state index in [9.17, 15) is 5.11 Å². The number of aliphatic hydroxyl groups excluding tert-OH is 1. The normalized spacial score (nSPS) is 10.5. The van der Waals surface area contributed by atoms with Crippen LogP contribution in [0.5, 0.6) is 11.5 Å². The molecule has 108 valence electrons. The number of halogens is 1. The van der Waals surface area contributed by atoms with Crippen LogP contribution < -0.4 is 9.47 Å². The summed E-state index contributed by atoms with van der Waals surface area (Å²) in [7, 11) is 0. The molecule has 0 saturated carbocycles. The average Bonchev–Trinajstić information content (AvgIpc) is 2.41. The first-order valence-corrected chi connectivity index (χ1v) is 7.71. The van der Waals surface area contributed by atoms with Gasteiger partial charge in [-0.15, -0.1) is 0 Å². The molecule has 0 aliphatic heterocycles. The number of hydrogen-bond donors (Lipinski definition) is 1. The molecule has 4 heteroatoms. The average molecular weight is 331 g/mol. The van der Waals surface area contributed by atoms with E-state index < -0.39 is 0 Å². The maximum absolute atomic E-state index is 9.20. The molecule has 1 N–H and O–H groups in total. The second kappa shape index (κ2) is 9.21. The van der Waals surface area contributed by atoms with Crippen LogP contribution in [-0.4, -0.2) is 18.3 Å². The van der Waals surface area contributed by atoms with Crippen molar-refractivity contribution in [3.05, 3.63) is 22.2 Å². The number of hydrogen-bond acceptors (Lipinski definition) is 3. The number of ether oxygens (including phenoxy) is 2. The molecular formula is C15H23BrO3. The van der Waals surface area contributed by atoms with Crippen LogP contribution in [0.25, 0.3) is 0 Å². The van der Waals surface area contributed by atoms with Gasteiger partial charge in [-0.3, -0.25) is 0 Å². The quantitative estimate of drug-likeness (QED) is 0.686. The summed E-state index contributed by atoms with van der Waals surface area (Å²) in [5.41, 5.74) is 0.814.